The Kier molecular flexibility index (Phi) is 2.69. The van der Waals surface area contributed by atoms with Crippen LogP contribution in [0.25, 0.3) is 11.0 Å². The Hall–Kier alpha value is -2.18. The van der Waals surface area contributed by atoms with Crippen molar-refractivity contribution in [3.8, 4) is 0 Å². The van der Waals surface area contributed by atoms with Crippen molar-refractivity contribution in [2.75, 3.05) is 5.32 Å². The molecule has 0 aromatic carbocycles. The summed E-state index contributed by atoms with van der Waals surface area (Å²) in [6, 6.07) is -0.159. The van der Waals surface area contributed by atoms with Gasteiger partial charge in [0.25, 0.3) is 0 Å². The van der Waals surface area contributed by atoms with Crippen molar-refractivity contribution in [1.82, 2.24) is 25.5 Å². The van der Waals surface area contributed by atoms with Crippen molar-refractivity contribution in [2.45, 2.75) is 44.1 Å². The highest BCUT2D eigenvalue weighted by Crippen LogP contribution is 2.55. The van der Waals surface area contributed by atoms with Gasteiger partial charge in [0, 0.05) is 5.54 Å². The Bertz CT molecular complexity index is 733. The van der Waals surface area contributed by atoms with E-state index in [0.29, 0.717) is 11.5 Å². The number of carbonyl (C=O) groups is 1. The molecule has 4 bridgehead atoms. The lowest BCUT2D eigenvalue weighted by Crippen LogP contribution is -2.60. The second kappa shape index (κ2) is 4.66. The second-order valence-electron chi connectivity index (χ2n) is 7.63. The van der Waals surface area contributed by atoms with Crippen LogP contribution in [0.3, 0.4) is 0 Å². The summed E-state index contributed by atoms with van der Waals surface area (Å²) in [5.74, 6) is 2.93. The maximum atomic E-state index is 12.5. The molecule has 7 nitrogen and oxygen atoms in total. The molecular formula is C16H20N6O. The number of H-pyrrole nitrogens is 1. The van der Waals surface area contributed by atoms with E-state index in [2.05, 4.69) is 30.8 Å². The molecule has 4 aliphatic carbocycles. The maximum Gasteiger partial charge on any atom is 0.320 e. The fourth-order valence-corrected chi connectivity index (χ4v) is 5.51. The van der Waals surface area contributed by atoms with Crippen LogP contribution in [0.4, 0.5) is 10.6 Å². The Labute approximate surface area is 133 Å². The first-order chi connectivity index (χ1) is 11.2. The Morgan fingerprint density at radius 3 is 2.52 bits per heavy atom. The van der Waals surface area contributed by atoms with Crippen molar-refractivity contribution in [3.05, 3.63) is 12.5 Å². The number of hydrogen-bond donors (Lipinski definition) is 3. The third-order valence-electron chi connectivity index (χ3n) is 5.90. The van der Waals surface area contributed by atoms with Crippen LogP contribution < -0.4 is 10.6 Å². The summed E-state index contributed by atoms with van der Waals surface area (Å²) in [5, 5.41) is 13.6. The lowest BCUT2D eigenvalue weighted by atomic mass is 9.53. The van der Waals surface area contributed by atoms with Crippen molar-refractivity contribution in [2.24, 2.45) is 17.8 Å². The molecule has 120 valence electrons. The van der Waals surface area contributed by atoms with Gasteiger partial charge in [0.05, 0.1) is 11.6 Å². The van der Waals surface area contributed by atoms with Gasteiger partial charge in [-0.2, -0.15) is 5.10 Å². The van der Waals surface area contributed by atoms with E-state index in [0.717, 1.165) is 42.4 Å². The molecule has 0 radical (unpaired) electrons. The van der Waals surface area contributed by atoms with Crippen molar-refractivity contribution in [1.29, 1.82) is 0 Å². The summed E-state index contributed by atoms with van der Waals surface area (Å²) < 4.78 is 0. The van der Waals surface area contributed by atoms with E-state index in [1.807, 2.05) is 0 Å². The van der Waals surface area contributed by atoms with Crippen LogP contribution in [0.15, 0.2) is 12.5 Å². The molecule has 3 N–H and O–H groups in total. The van der Waals surface area contributed by atoms with Gasteiger partial charge in [0.1, 0.15) is 12.1 Å². The molecular weight excluding hydrogens is 292 g/mol. The molecule has 23 heavy (non-hydrogen) atoms. The number of carbonyl (C=O) groups excluding carboxylic acids is 1. The van der Waals surface area contributed by atoms with Gasteiger partial charge >= 0.3 is 6.03 Å². The quantitative estimate of drug-likeness (QED) is 0.793. The summed E-state index contributed by atoms with van der Waals surface area (Å²) in [4.78, 5) is 20.8. The summed E-state index contributed by atoms with van der Waals surface area (Å²) in [6.07, 6.45) is 10.6. The standard InChI is InChI=1S/C16H20N6O/c23-15(20-13-12-7-19-22-14(12)18-8-17-13)21-16-4-9-1-10(5-16)3-11(2-9)6-16/h7-11H,1-6H2,(H3,17,18,19,20,21,22,23). The number of aromatic amines is 1. The highest BCUT2D eigenvalue weighted by atomic mass is 16.2. The average molecular weight is 312 g/mol. The molecule has 4 aliphatic rings. The summed E-state index contributed by atoms with van der Waals surface area (Å²) in [7, 11) is 0. The Balaban J connectivity index is 1.35. The molecule has 0 aliphatic heterocycles. The van der Waals surface area contributed by atoms with Gasteiger partial charge in [0.15, 0.2) is 5.65 Å². The van der Waals surface area contributed by atoms with Crippen molar-refractivity contribution >= 4 is 22.9 Å². The number of amides is 2. The van der Waals surface area contributed by atoms with Gasteiger partial charge in [-0.1, -0.05) is 0 Å². The molecule has 0 saturated heterocycles. The normalized spacial score (nSPS) is 34.7. The zero-order valence-electron chi connectivity index (χ0n) is 12.9. The van der Waals surface area contributed by atoms with Crippen LogP contribution in [-0.4, -0.2) is 31.7 Å². The number of aromatic nitrogens is 4. The summed E-state index contributed by atoms with van der Waals surface area (Å²) >= 11 is 0. The van der Waals surface area contributed by atoms with Crippen LogP contribution in [0.2, 0.25) is 0 Å². The third-order valence-corrected chi connectivity index (χ3v) is 5.90. The van der Waals surface area contributed by atoms with Gasteiger partial charge in [-0.25, -0.2) is 14.8 Å². The smallest absolute Gasteiger partial charge is 0.320 e. The summed E-state index contributed by atoms with van der Waals surface area (Å²) in [5.41, 5.74) is 0.631. The predicted molar refractivity (Wildman–Crippen MR) is 84.7 cm³/mol. The average Bonchev–Trinajstić information content (AvgIpc) is 2.94. The molecule has 2 amide bonds. The van der Waals surface area contributed by atoms with Gasteiger partial charge in [0.2, 0.25) is 0 Å². The summed E-state index contributed by atoms with van der Waals surface area (Å²) in [6.45, 7) is 0. The number of fused-ring (bicyclic) bond motifs is 1. The van der Waals surface area contributed by atoms with E-state index in [9.17, 15) is 4.79 Å². The fraction of sp³-hybridized carbons (Fsp3) is 0.625. The molecule has 0 unspecified atom stereocenters. The van der Waals surface area contributed by atoms with E-state index in [4.69, 9.17) is 0 Å². The Morgan fingerprint density at radius 1 is 1.13 bits per heavy atom. The van der Waals surface area contributed by atoms with Gasteiger partial charge < -0.3 is 5.32 Å². The number of rotatable bonds is 2. The minimum absolute atomic E-state index is 0.00136. The minimum atomic E-state index is -0.159. The molecule has 2 heterocycles. The monoisotopic (exact) mass is 312 g/mol. The first kappa shape index (κ1) is 13.3. The van der Waals surface area contributed by atoms with Crippen LogP contribution in [-0.2, 0) is 0 Å². The second-order valence-corrected chi connectivity index (χ2v) is 7.63. The number of hydrogen-bond acceptors (Lipinski definition) is 4. The molecule has 0 spiro atoms. The largest absolute Gasteiger partial charge is 0.332 e. The fourth-order valence-electron chi connectivity index (χ4n) is 5.51. The van der Waals surface area contributed by atoms with Gasteiger partial charge in [-0.15, -0.1) is 0 Å². The molecule has 0 atom stereocenters. The molecule has 6 rings (SSSR count). The van der Waals surface area contributed by atoms with E-state index < -0.39 is 0 Å². The van der Waals surface area contributed by atoms with E-state index in [1.54, 1.807) is 6.20 Å². The third kappa shape index (κ3) is 2.17. The van der Waals surface area contributed by atoms with E-state index in [1.165, 1.54) is 25.6 Å². The predicted octanol–water partition coefficient (Wildman–Crippen LogP) is 2.44. The van der Waals surface area contributed by atoms with Crippen LogP contribution in [0.5, 0.6) is 0 Å². The molecule has 4 fully saturated rings. The number of nitrogens with zero attached hydrogens (tertiary/aromatic N) is 3. The topological polar surface area (TPSA) is 95.6 Å². The molecule has 4 saturated carbocycles. The minimum Gasteiger partial charge on any atom is -0.332 e. The SMILES string of the molecule is O=C(Nc1ncnc2[nH]ncc12)NC12CC3CC(CC(C3)C1)C2. The highest BCUT2D eigenvalue weighted by Gasteiger charge is 2.51. The van der Waals surface area contributed by atoms with Gasteiger partial charge in [-0.05, 0) is 56.3 Å². The zero-order chi connectivity index (χ0) is 15.4. The highest BCUT2D eigenvalue weighted by molar-refractivity contribution is 5.97. The van der Waals surface area contributed by atoms with Crippen LogP contribution >= 0.6 is 0 Å². The van der Waals surface area contributed by atoms with E-state index >= 15 is 0 Å². The number of anilines is 1. The lowest BCUT2D eigenvalue weighted by Gasteiger charge is -2.56. The number of nitrogens with one attached hydrogen (secondary N) is 3. The first-order valence-electron chi connectivity index (χ1n) is 8.42. The van der Waals surface area contributed by atoms with E-state index in [-0.39, 0.29) is 11.6 Å². The molecule has 2 aromatic rings. The van der Waals surface area contributed by atoms with Crippen LogP contribution in [0.1, 0.15) is 38.5 Å². The Morgan fingerprint density at radius 2 is 1.83 bits per heavy atom. The molecule has 2 aromatic heterocycles. The maximum absolute atomic E-state index is 12.5. The van der Waals surface area contributed by atoms with Gasteiger partial charge in [-0.3, -0.25) is 10.4 Å². The lowest BCUT2D eigenvalue weighted by molar-refractivity contribution is -0.0127. The van der Waals surface area contributed by atoms with Crippen LogP contribution in [0, 0.1) is 17.8 Å². The number of urea groups is 1. The first-order valence-corrected chi connectivity index (χ1v) is 8.42. The zero-order valence-corrected chi connectivity index (χ0v) is 12.9. The molecule has 7 heteroatoms. The van der Waals surface area contributed by atoms with Crippen molar-refractivity contribution in [3.63, 3.8) is 0 Å². The van der Waals surface area contributed by atoms with Crippen molar-refractivity contribution < 1.29 is 4.79 Å².